The Balaban J connectivity index is 1.59. The molecule has 1 aliphatic rings. The van der Waals surface area contributed by atoms with Crippen molar-refractivity contribution < 1.29 is 4.74 Å². The largest absolute Gasteiger partial charge is 0.378 e. The summed E-state index contributed by atoms with van der Waals surface area (Å²) < 4.78 is 7.51. The van der Waals surface area contributed by atoms with Crippen molar-refractivity contribution >= 4 is 17.2 Å². The summed E-state index contributed by atoms with van der Waals surface area (Å²) in [4.78, 5) is 4.55. The highest BCUT2D eigenvalue weighted by Crippen LogP contribution is 2.19. The van der Waals surface area contributed by atoms with Crippen molar-refractivity contribution in [1.29, 1.82) is 0 Å². The number of imidazole rings is 1. The molecule has 102 valence electrons. The van der Waals surface area contributed by atoms with Crippen molar-refractivity contribution in [3.05, 3.63) is 35.2 Å². The summed E-state index contributed by atoms with van der Waals surface area (Å²) in [7, 11) is 0. The van der Waals surface area contributed by atoms with Gasteiger partial charge >= 0.3 is 0 Å². The number of hydrogen-bond acceptors (Lipinski definition) is 3. The number of fused-ring (bicyclic) bond motifs is 1. The molecule has 4 nitrogen and oxygen atoms in total. The van der Waals surface area contributed by atoms with Crippen molar-refractivity contribution in [1.82, 2.24) is 14.7 Å². The second-order valence-corrected chi connectivity index (χ2v) is 5.54. The molecule has 0 aliphatic carbocycles. The Labute approximate surface area is 117 Å². The maximum Gasteiger partial charge on any atom is 0.137 e. The van der Waals surface area contributed by atoms with E-state index in [4.69, 9.17) is 16.3 Å². The van der Waals surface area contributed by atoms with Crippen molar-refractivity contribution in [2.75, 3.05) is 13.2 Å². The van der Waals surface area contributed by atoms with E-state index < -0.39 is 0 Å². The van der Waals surface area contributed by atoms with Gasteiger partial charge in [-0.15, -0.1) is 0 Å². The van der Waals surface area contributed by atoms with Crippen molar-refractivity contribution in [3.8, 4) is 0 Å². The molecule has 0 spiro atoms. The molecule has 0 bridgehead atoms. The molecule has 19 heavy (non-hydrogen) atoms. The summed E-state index contributed by atoms with van der Waals surface area (Å²) in [6.07, 6.45) is 5.41. The molecule has 0 aromatic carbocycles. The lowest BCUT2D eigenvalue weighted by Gasteiger charge is -2.13. The number of nitrogens with one attached hydrogen (secondary N) is 1. The third-order valence-corrected chi connectivity index (χ3v) is 3.93. The highest BCUT2D eigenvalue weighted by molar-refractivity contribution is 6.30. The SMILES string of the molecule is CC1OCCC1CNCc1cn2cc(Cl)ccc2n1. The van der Waals surface area contributed by atoms with E-state index in [0.717, 1.165) is 42.5 Å². The lowest BCUT2D eigenvalue weighted by Crippen LogP contribution is -2.26. The van der Waals surface area contributed by atoms with E-state index in [2.05, 4.69) is 17.2 Å². The molecule has 2 aromatic rings. The molecular formula is C14H18ClN3O. The van der Waals surface area contributed by atoms with Crippen molar-refractivity contribution in [3.63, 3.8) is 0 Å². The van der Waals surface area contributed by atoms with Gasteiger partial charge in [-0.2, -0.15) is 0 Å². The van der Waals surface area contributed by atoms with Gasteiger partial charge < -0.3 is 14.5 Å². The van der Waals surface area contributed by atoms with Gasteiger partial charge in [0.2, 0.25) is 0 Å². The summed E-state index contributed by atoms with van der Waals surface area (Å²) in [5.41, 5.74) is 1.97. The second-order valence-electron chi connectivity index (χ2n) is 5.10. The number of rotatable bonds is 4. The molecule has 5 heteroatoms. The van der Waals surface area contributed by atoms with E-state index in [1.165, 1.54) is 0 Å². The van der Waals surface area contributed by atoms with E-state index in [0.29, 0.717) is 12.0 Å². The maximum absolute atomic E-state index is 5.96. The van der Waals surface area contributed by atoms with Crippen LogP contribution in [0.4, 0.5) is 0 Å². The number of ether oxygens (including phenoxy) is 1. The van der Waals surface area contributed by atoms with Crippen LogP contribution in [0.1, 0.15) is 19.0 Å². The Morgan fingerprint density at radius 2 is 2.37 bits per heavy atom. The van der Waals surface area contributed by atoms with Gasteiger partial charge in [0, 0.05) is 32.1 Å². The Morgan fingerprint density at radius 1 is 1.47 bits per heavy atom. The topological polar surface area (TPSA) is 38.6 Å². The highest BCUT2D eigenvalue weighted by Gasteiger charge is 2.23. The monoisotopic (exact) mass is 279 g/mol. The van der Waals surface area contributed by atoms with Crippen LogP contribution in [0.5, 0.6) is 0 Å². The molecule has 3 heterocycles. The van der Waals surface area contributed by atoms with Gasteiger partial charge in [-0.1, -0.05) is 11.6 Å². The molecule has 0 radical (unpaired) electrons. The van der Waals surface area contributed by atoms with E-state index in [-0.39, 0.29) is 0 Å². The van der Waals surface area contributed by atoms with Crippen LogP contribution < -0.4 is 5.32 Å². The number of aromatic nitrogens is 2. The van der Waals surface area contributed by atoms with Crippen LogP contribution in [-0.4, -0.2) is 28.6 Å². The standard InChI is InChI=1S/C14H18ClN3O/c1-10-11(4-5-19-10)6-16-7-13-9-18-8-12(15)2-3-14(18)17-13/h2-3,8-11,16H,4-7H2,1H3. The molecule has 2 aromatic heterocycles. The summed E-state index contributed by atoms with van der Waals surface area (Å²) in [6, 6.07) is 3.79. The van der Waals surface area contributed by atoms with Gasteiger partial charge in [0.15, 0.2) is 0 Å². The predicted molar refractivity (Wildman–Crippen MR) is 75.4 cm³/mol. The Bertz CT molecular complexity index is 569. The number of hydrogen-bond donors (Lipinski definition) is 1. The van der Waals surface area contributed by atoms with Crippen LogP contribution >= 0.6 is 11.6 Å². The van der Waals surface area contributed by atoms with Gasteiger partial charge in [0.1, 0.15) is 5.65 Å². The van der Waals surface area contributed by atoms with Crippen molar-refractivity contribution in [2.45, 2.75) is 26.0 Å². The van der Waals surface area contributed by atoms with Gasteiger partial charge in [0.25, 0.3) is 0 Å². The third kappa shape index (κ3) is 2.91. The third-order valence-electron chi connectivity index (χ3n) is 3.71. The minimum atomic E-state index is 0.368. The van der Waals surface area contributed by atoms with E-state index >= 15 is 0 Å². The number of halogens is 1. The fourth-order valence-corrected chi connectivity index (χ4v) is 2.70. The Kier molecular flexibility index (Phi) is 3.73. The van der Waals surface area contributed by atoms with Gasteiger partial charge in [0.05, 0.1) is 16.8 Å². The first-order valence-electron chi connectivity index (χ1n) is 6.68. The smallest absolute Gasteiger partial charge is 0.137 e. The molecular weight excluding hydrogens is 262 g/mol. The molecule has 3 rings (SSSR count). The quantitative estimate of drug-likeness (QED) is 0.935. The molecule has 2 unspecified atom stereocenters. The molecule has 1 saturated heterocycles. The first-order valence-corrected chi connectivity index (χ1v) is 7.05. The van der Waals surface area contributed by atoms with Crippen LogP contribution in [0.15, 0.2) is 24.5 Å². The summed E-state index contributed by atoms with van der Waals surface area (Å²) in [5.74, 6) is 0.617. The van der Waals surface area contributed by atoms with Crippen molar-refractivity contribution in [2.24, 2.45) is 5.92 Å². The number of nitrogens with zero attached hydrogens (tertiary/aromatic N) is 2. The van der Waals surface area contributed by atoms with E-state index in [9.17, 15) is 0 Å². The molecule has 0 saturated carbocycles. The summed E-state index contributed by atoms with van der Waals surface area (Å²) in [5, 5.41) is 4.18. The molecule has 0 amide bonds. The molecule has 1 N–H and O–H groups in total. The van der Waals surface area contributed by atoms with Gasteiger partial charge in [-0.3, -0.25) is 0 Å². The van der Waals surface area contributed by atoms with Crippen LogP contribution in [-0.2, 0) is 11.3 Å². The first-order chi connectivity index (χ1) is 9.22. The molecule has 1 fully saturated rings. The molecule has 1 aliphatic heterocycles. The minimum absolute atomic E-state index is 0.368. The molecule has 2 atom stereocenters. The zero-order valence-corrected chi connectivity index (χ0v) is 11.7. The highest BCUT2D eigenvalue weighted by atomic mass is 35.5. The van der Waals surface area contributed by atoms with Crippen LogP contribution in [0, 0.1) is 5.92 Å². The second kappa shape index (κ2) is 5.49. The zero-order chi connectivity index (χ0) is 13.2. The van der Waals surface area contributed by atoms with Gasteiger partial charge in [-0.25, -0.2) is 4.98 Å². The number of pyridine rings is 1. The maximum atomic E-state index is 5.96. The normalized spacial score (nSPS) is 23.3. The summed E-state index contributed by atoms with van der Waals surface area (Å²) in [6.45, 7) is 4.80. The lowest BCUT2D eigenvalue weighted by atomic mass is 10.0. The van der Waals surface area contributed by atoms with E-state index in [1.54, 1.807) is 0 Å². The van der Waals surface area contributed by atoms with Crippen LogP contribution in [0.3, 0.4) is 0 Å². The minimum Gasteiger partial charge on any atom is -0.378 e. The average molecular weight is 280 g/mol. The Morgan fingerprint density at radius 3 is 3.16 bits per heavy atom. The van der Waals surface area contributed by atoms with E-state index in [1.807, 2.05) is 28.9 Å². The lowest BCUT2D eigenvalue weighted by molar-refractivity contribution is 0.105. The fraction of sp³-hybridized carbons (Fsp3) is 0.500. The van der Waals surface area contributed by atoms with Crippen LogP contribution in [0.2, 0.25) is 5.02 Å². The average Bonchev–Trinajstić information content (AvgIpc) is 2.95. The predicted octanol–water partition coefficient (Wildman–Crippen LogP) is 2.50. The Hall–Kier alpha value is -1.10. The fourth-order valence-electron chi connectivity index (χ4n) is 2.53. The van der Waals surface area contributed by atoms with Gasteiger partial charge in [-0.05, 0) is 31.4 Å². The van der Waals surface area contributed by atoms with Crippen LogP contribution in [0.25, 0.3) is 5.65 Å². The first kappa shape index (κ1) is 12.9. The zero-order valence-electron chi connectivity index (χ0n) is 11.0. The summed E-state index contributed by atoms with van der Waals surface area (Å²) >= 11 is 5.96.